The van der Waals surface area contributed by atoms with Crippen molar-refractivity contribution in [1.82, 2.24) is 5.32 Å². The number of rotatable bonds is 6. The summed E-state index contributed by atoms with van der Waals surface area (Å²) >= 11 is 0. The van der Waals surface area contributed by atoms with Gasteiger partial charge < -0.3 is 9.73 Å². The van der Waals surface area contributed by atoms with Crippen molar-refractivity contribution < 1.29 is 4.42 Å². The smallest absolute Gasteiger partial charge is 0.0950 e. The number of hydrogen-bond donors (Lipinski definition) is 1. The van der Waals surface area contributed by atoms with Gasteiger partial charge in [-0.3, -0.25) is 0 Å². The highest BCUT2D eigenvalue weighted by Gasteiger charge is 2.10. The molecule has 0 saturated heterocycles. The monoisotopic (exact) mass is 209 g/mol. The van der Waals surface area contributed by atoms with Gasteiger partial charge in [0.1, 0.15) is 0 Å². The van der Waals surface area contributed by atoms with Crippen LogP contribution in [0.3, 0.4) is 0 Å². The molecular formula is C13H23NO. The van der Waals surface area contributed by atoms with Crippen molar-refractivity contribution in [2.45, 2.75) is 52.6 Å². The summed E-state index contributed by atoms with van der Waals surface area (Å²) in [6, 6.07) is 2.97. The minimum absolute atomic E-state index is 0.380. The van der Waals surface area contributed by atoms with Crippen LogP contribution in [0.1, 0.15) is 52.1 Å². The van der Waals surface area contributed by atoms with Crippen molar-refractivity contribution in [1.29, 1.82) is 0 Å². The molecular weight excluding hydrogens is 186 g/mol. The fourth-order valence-electron chi connectivity index (χ4n) is 1.71. The van der Waals surface area contributed by atoms with Crippen molar-refractivity contribution >= 4 is 0 Å². The van der Waals surface area contributed by atoms with E-state index in [1.165, 1.54) is 18.4 Å². The van der Waals surface area contributed by atoms with E-state index in [0.717, 1.165) is 5.92 Å². The molecule has 2 unspecified atom stereocenters. The summed E-state index contributed by atoms with van der Waals surface area (Å²) in [7, 11) is 0. The fourth-order valence-corrected chi connectivity index (χ4v) is 1.71. The maximum atomic E-state index is 5.08. The molecule has 0 aliphatic rings. The fraction of sp³-hybridized carbons (Fsp3) is 0.692. The number of hydrogen-bond acceptors (Lipinski definition) is 2. The Hall–Kier alpha value is -0.760. The Morgan fingerprint density at radius 2 is 1.93 bits per heavy atom. The van der Waals surface area contributed by atoms with Crippen molar-refractivity contribution in [3.63, 3.8) is 0 Å². The maximum absolute atomic E-state index is 5.08. The summed E-state index contributed by atoms with van der Waals surface area (Å²) in [6.07, 6.45) is 6.06. The predicted molar refractivity (Wildman–Crippen MR) is 63.8 cm³/mol. The molecule has 0 amide bonds. The van der Waals surface area contributed by atoms with E-state index in [0.29, 0.717) is 12.1 Å². The van der Waals surface area contributed by atoms with Gasteiger partial charge in [0.25, 0.3) is 0 Å². The van der Waals surface area contributed by atoms with Gasteiger partial charge in [0, 0.05) is 17.6 Å². The van der Waals surface area contributed by atoms with Gasteiger partial charge in [0.2, 0.25) is 0 Å². The first-order valence-electron chi connectivity index (χ1n) is 5.87. The molecule has 2 atom stereocenters. The molecule has 2 heteroatoms. The van der Waals surface area contributed by atoms with Crippen LogP contribution < -0.4 is 5.32 Å². The molecule has 15 heavy (non-hydrogen) atoms. The second kappa shape index (κ2) is 5.96. The first-order valence-corrected chi connectivity index (χ1v) is 5.87. The zero-order valence-corrected chi connectivity index (χ0v) is 10.3. The van der Waals surface area contributed by atoms with Crippen molar-refractivity contribution in [2.75, 3.05) is 0 Å². The number of furan rings is 1. The van der Waals surface area contributed by atoms with Gasteiger partial charge in [-0.2, -0.15) is 0 Å². The summed E-state index contributed by atoms with van der Waals surface area (Å²) in [5, 5.41) is 3.58. The van der Waals surface area contributed by atoms with Gasteiger partial charge in [0.05, 0.1) is 12.5 Å². The lowest BCUT2D eigenvalue weighted by Gasteiger charge is -2.19. The standard InChI is InChI=1S/C13H23NO/c1-10(2)5-6-11(3)14-12(4)13-7-8-15-9-13/h7-12,14H,5-6H2,1-4H3. The molecule has 1 heterocycles. The molecule has 1 aromatic heterocycles. The molecule has 1 aromatic rings. The van der Waals surface area contributed by atoms with E-state index in [4.69, 9.17) is 4.42 Å². The second-order valence-corrected chi connectivity index (χ2v) is 4.82. The highest BCUT2D eigenvalue weighted by atomic mass is 16.3. The Labute approximate surface area is 93.1 Å². The van der Waals surface area contributed by atoms with Crippen LogP contribution in [0, 0.1) is 5.92 Å². The first kappa shape index (κ1) is 12.3. The molecule has 0 bridgehead atoms. The van der Waals surface area contributed by atoms with Gasteiger partial charge >= 0.3 is 0 Å². The molecule has 0 saturated carbocycles. The third kappa shape index (κ3) is 4.52. The van der Waals surface area contributed by atoms with Gasteiger partial charge in [-0.25, -0.2) is 0 Å². The molecule has 0 aliphatic carbocycles. The van der Waals surface area contributed by atoms with E-state index >= 15 is 0 Å². The van der Waals surface area contributed by atoms with Crippen LogP contribution in [-0.2, 0) is 0 Å². The second-order valence-electron chi connectivity index (χ2n) is 4.82. The molecule has 2 nitrogen and oxygen atoms in total. The quantitative estimate of drug-likeness (QED) is 0.771. The topological polar surface area (TPSA) is 25.2 Å². The molecule has 0 fully saturated rings. The van der Waals surface area contributed by atoms with Crippen LogP contribution in [0.2, 0.25) is 0 Å². The van der Waals surface area contributed by atoms with E-state index in [-0.39, 0.29) is 0 Å². The molecule has 0 aliphatic heterocycles. The van der Waals surface area contributed by atoms with Gasteiger partial charge in [-0.15, -0.1) is 0 Å². The van der Waals surface area contributed by atoms with E-state index < -0.39 is 0 Å². The highest BCUT2D eigenvalue weighted by molar-refractivity contribution is 5.10. The van der Waals surface area contributed by atoms with Crippen LogP contribution >= 0.6 is 0 Å². The predicted octanol–water partition coefficient (Wildman–Crippen LogP) is 3.75. The van der Waals surface area contributed by atoms with E-state index in [1.54, 1.807) is 6.26 Å². The normalized spacial score (nSPS) is 15.5. The molecule has 0 spiro atoms. The van der Waals surface area contributed by atoms with E-state index in [2.05, 4.69) is 33.0 Å². The zero-order valence-electron chi connectivity index (χ0n) is 10.3. The Bertz CT molecular complexity index is 254. The molecule has 1 rings (SSSR count). The molecule has 0 aromatic carbocycles. The summed E-state index contributed by atoms with van der Waals surface area (Å²) in [4.78, 5) is 0. The van der Waals surface area contributed by atoms with Crippen molar-refractivity contribution in [2.24, 2.45) is 5.92 Å². The van der Waals surface area contributed by atoms with Crippen LogP contribution in [-0.4, -0.2) is 6.04 Å². The average Bonchev–Trinajstić information content (AvgIpc) is 2.67. The van der Waals surface area contributed by atoms with Crippen molar-refractivity contribution in [3.8, 4) is 0 Å². The van der Waals surface area contributed by atoms with Gasteiger partial charge in [-0.1, -0.05) is 13.8 Å². The summed E-state index contributed by atoms with van der Waals surface area (Å²) in [5.41, 5.74) is 1.23. The van der Waals surface area contributed by atoms with Gasteiger partial charge in [-0.05, 0) is 38.7 Å². The largest absolute Gasteiger partial charge is 0.472 e. The Morgan fingerprint density at radius 1 is 1.20 bits per heavy atom. The molecule has 86 valence electrons. The third-order valence-corrected chi connectivity index (χ3v) is 2.75. The van der Waals surface area contributed by atoms with E-state index in [1.807, 2.05) is 12.3 Å². The van der Waals surface area contributed by atoms with Crippen LogP contribution in [0.15, 0.2) is 23.0 Å². The Balaban J connectivity index is 2.28. The van der Waals surface area contributed by atoms with Crippen LogP contribution in [0.5, 0.6) is 0 Å². The van der Waals surface area contributed by atoms with Crippen LogP contribution in [0.4, 0.5) is 0 Å². The summed E-state index contributed by atoms with van der Waals surface area (Å²) in [5.74, 6) is 0.790. The SMILES string of the molecule is CC(C)CCC(C)NC(C)c1ccoc1. The Morgan fingerprint density at radius 3 is 2.47 bits per heavy atom. The summed E-state index contributed by atoms with van der Waals surface area (Å²) < 4.78 is 5.08. The lowest BCUT2D eigenvalue weighted by molar-refractivity contribution is 0.415. The minimum Gasteiger partial charge on any atom is -0.472 e. The third-order valence-electron chi connectivity index (χ3n) is 2.75. The summed E-state index contributed by atoms with van der Waals surface area (Å²) in [6.45, 7) is 8.97. The average molecular weight is 209 g/mol. The molecule has 0 radical (unpaired) electrons. The first-order chi connectivity index (χ1) is 7.09. The minimum atomic E-state index is 0.380. The van der Waals surface area contributed by atoms with Gasteiger partial charge in [0.15, 0.2) is 0 Å². The molecule has 1 N–H and O–H groups in total. The van der Waals surface area contributed by atoms with Crippen molar-refractivity contribution in [3.05, 3.63) is 24.2 Å². The highest BCUT2D eigenvalue weighted by Crippen LogP contribution is 2.15. The lowest BCUT2D eigenvalue weighted by Crippen LogP contribution is -2.28. The maximum Gasteiger partial charge on any atom is 0.0950 e. The zero-order chi connectivity index (χ0) is 11.3. The Kier molecular flexibility index (Phi) is 4.89. The van der Waals surface area contributed by atoms with Crippen LogP contribution in [0.25, 0.3) is 0 Å². The van der Waals surface area contributed by atoms with E-state index in [9.17, 15) is 0 Å². The lowest BCUT2D eigenvalue weighted by atomic mass is 10.0. The number of nitrogens with one attached hydrogen (secondary N) is 1.